The van der Waals surface area contributed by atoms with Gasteiger partial charge in [0.05, 0.1) is 12.2 Å². The van der Waals surface area contributed by atoms with Crippen LogP contribution >= 0.6 is 12.2 Å². The van der Waals surface area contributed by atoms with E-state index in [1.54, 1.807) is 22.9 Å². The fourth-order valence-corrected chi connectivity index (χ4v) is 2.49. The number of rotatable bonds is 5. The second-order valence-electron chi connectivity index (χ2n) is 5.29. The minimum atomic E-state index is -0.381. The number of hydrogen-bond donors (Lipinski definition) is 0. The average Bonchev–Trinajstić information content (AvgIpc) is 2.89. The standard InChI is InChI=1S/C17H16FN3OS/c1-20(11-13-7-3-2-4-8-13)12-21-17(23)22-16(19-21)14-9-5-6-10-15(14)18/h2-10H,11-12H2,1H3. The summed E-state index contributed by atoms with van der Waals surface area (Å²) in [7, 11) is 1.96. The SMILES string of the molecule is CN(Cc1ccccc1)Cn1nc(-c2ccccc2F)oc1=S. The summed E-state index contributed by atoms with van der Waals surface area (Å²) in [5, 5.41) is 4.29. The first-order valence-corrected chi connectivity index (χ1v) is 7.59. The molecule has 1 aromatic heterocycles. The van der Waals surface area contributed by atoms with Crippen LogP contribution in [0.3, 0.4) is 0 Å². The second-order valence-corrected chi connectivity index (χ2v) is 5.64. The number of hydrogen-bond acceptors (Lipinski definition) is 4. The van der Waals surface area contributed by atoms with Crippen LogP contribution in [-0.4, -0.2) is 21.7 Å². The highest BCUT2D eigenvalue weighted by Crippen LogP contribution is 2.21. The Balaban J connectivity index is 1.77. The fourth-order valence-electron chi connectivity index (χ4n) is 2.31. The van der Waals surface area contributed by atoms with Gasteiger partial charge in [-0.05, 0) is 37.0 Å². The molecule has 0 N–H and O–H groups in total. The van der Waals surface area contributed by atoms with Gasteiger partial charge in [-0.25, -0.2) is 9.07 Å². The van der Waals surface area contributed by atoms with E-state index in [0.717, 1.165) is 6.54 Å². The molecule has 2 aromatic carbocycles. The van der Waals surface area contributed by atoms with Gasteiger partial charge in [-0.3, -0.25) is 4.90 Å². The van der Waals surface area contributed by atoms with Crippen molar-refractivity contribution in [3.8, 4) is 11.5 Å². The normalized spacial score (nSPS) is 11.1. The highest BCUT2D eigenvalue weighted by molar-refractivity contribution is 7.71. The van der Waals surface area contributed by atoms with Gasteiger partial charge in [-0.15, -0.1) is 5.10 Å². The van der Waals surface area contributed by atoms with Crippen LogP contribution in [0.2, 0.25) is 0 Å². The minimum absolute atomic E-state index is 0.196. The third-order valence-electron chi connectivity index (χ3n) is 3.38. The molecule has 118 valence electrons. The maximum atomic E-state index is 13.8. The molecule has 4 nitrogen and oxygen atoms in total. The topological polar surface area (TPSA) is 34.2 Å². The molecule has 0 bridgehead atoms. The van der Waals surface area contributed by atoms with Gasteiger partial charge in [-0.2, -0.15) is 0 Å². The van der Waals surface area contributed by atoms with Crippen molar-refractivity contribution in [1.82, 2.24) is 14.7 Å². The lowest BCUT2D eigenvalue weighted by atomic mass is 10.2. The molecule has 0 saturated heterocycles. The van der Waals surface area contributed by atoms with Gasteiger partial charge in [0, 0.05) is 6.54 Å². The highest BCUT2D eigenvalue weighted by atomic mass is 32.1. The Morgan fingerprint density at radius 3 is 2.57 bits per heavy atom. The van der Waals surface area contributed by atoms with Crippen molar-refractivity contribution in [2.75, 3.05) is 7.05 Å². The van der Waals surface area contributed by atoms with E-state index in [1.807, 2.05) is 25.2 Å². The first-order valence-electron chi connectivity index (χ1n) is 7.19. The minimum Gasteiger partial charge on any atom is -0.409 e. The zero-order chi connectivity index (χ0) is 16.2. The molecule has 0 unspecified atom stereocenters. The maximum Gasteiger partial charge on any atom is 0.288 e. The van der Waals surface area contributed by atoms with Gasteiger partial charge in [0.1, 0.15) is 5.82 Å². The zero-order valence-electron chi connectivity index (χ0n) is 12.6. The molecule has 0 amide bonds. The largest absolute Gasteiger partial charge is 0.409 e. The third-order valence-corrected chi connectivity index (χ3v) is 3.68. The molecule has 0 fully saturated rings. The van der Waals surface area contributed by atoms with E-state index in [9.17, 15) is 4.39 Å². The monoisotopic (exact) mass is 329 g/mol. The number of aromatic nitrogens is 2. The van der Waals surface area contributed by atoms with Crippen LogP contribution in [0.5, 0.6) is 0 Å². The molecule has 23 heavy (non-hydrogen) atoms. The van der Waals surface area contributed by atoms with Crippen molar-refractivity contribution in [2.24, 2.45) is 0 Å². The lowest BCUT2D eigenvalue weighted by Gasteiger charge is -2.15. The van der Waals surface area contributed by atoms with Gasteiger partial charge in [-0.1, -0.05) is 42.5 Å². The van der Waals surface area contributed by atoms with Crippen LogP contribution in [-0.2, 0) is 13.2 Å². The first-order chi connectivity index (χ1) is 11.1. The number of halogens is 1. The van der Waals surface area contributed by atoms with E-state index in [4.69, 9.17) is 16.6 Å². The predicted molar refractivity (Wildman–Crippen MR) is 88.6 cm³/mol. The summed E-state index contributed by atoms with van der Waals surface area (Å²) in [6.07, 6.45) is 0. The van der Waals surface area contributed by atoms with Crippen molar-refractivity contribution >= 4 is 12.2 Å². The zero-order valence-corrected chi connectivity index (χ0v) is 13.5. The van der Waals surface area contributed by atoms with Gasteiger partial charge < -0.3 is 4.42 Å². The van der Waals surface area contributed by atoms with Crippen molar-refractivity contribution in [3.63, 3.8) is 0 Å². The van der Waals surface area contributed by atoms with Crippen LogP contribution in [0.1, 0.15) is 5.56 Å². The van der Waals surface area contributed by atoms with Crippen molar-refractivity contribution in [1.29, 1.82) is 0 Å². The van der Waals surface area contributed by atoms with Gasteiger partial charge >= 0.3 is 0 Å². The molecule has 3 rings (SSSR count). The van der Waals surface area contributed by atoms with Crippen LogP contribution in [0.15, 0.2) is 59.0 Å². The third kappa shape index (κ3) is 3.72. The molecule has 0 atom stereocenters. The Morgan fingerprint density at radius 2 is 1.83 bits per heavy atom. The van der Waals surface area contributed by atoms with Crippen molar-refractivity contribution in [2.45, 2.75) is 13.2 Å². The van der Waals surface area contributed by atoms with Crippen LogP contribution in [0.25, 0.3) is 11.5 Å². The van der Waals surface area contributed by atoms with E-state index in [2.05, 4.69) is 22.1 Å². The summed E-state index contributed by atoms with van der Waals surface area (Å²) < 4.78 is 20.8. The summed E-state index contributed by atoms with van der Waals surface area (Å²) in [5.74, 6) is -0.185. The molecule has 6 heteroatoms. The van der Waals surface area contributed by atoms with Crippen LogP contribution < -0.4 is 0 Å². The summed E-state index contributed by atoms with van der Waals surface area (Å²) in [5.41, 5.74) is 1.50. The molecule has 1 heterocycles. The Labute approximate surface area is 138 Å². The second kappa shape index (κ2) is 6.85. The summed E-state index contributed by atoms with van der Waals surface area (Å²) in [6, 6.07) is 16.4. The molecule has 0 aliphatic rings. The smallest absolute Gasteiger partial charge is 0.288 e. The number of benzene rings is 2. The molecular formula is C17H16FN3OS. The molecule has 0 aliphatic heterocycles. The molecular weight excluding hydrogens is 313 g/mol. The summed E-state index contributed by atoms with van der Waals surface area (Å²) in [6.45, 7) is 1.22. The fraction of sp³-hybridized carbons (Fsp3) is 0.176. The lowest BCUT2D eigenvalue weighted by molar-refractivity contribution is 0.240. The van der Waals surface area contributed by atoms with E-state index in [-0.39, 0.29) is 16.5 Å². The van der Waals surface area contributed by atoms with Crippen molar-refractivity contribution < 1.29 is 8.81 Å². The lowest BCUT2D eigenvalue weighted by Crippen LogP contribution is -2.22. The number of nitrogens with zero attached hydrogens (tertiary/aromatic N) is 3. The van der Waals surface area contributed by atoms with Crippen LogP contribution in [0, 0.1) is 10.7 Å². The first kappa shape index (κ1) is 15.6. The molecule has 0 saturated carbocycles. The Morgan fingerprint density at radius 1 is 1.13 bits per heavy atom. The molecule has 0 radical (unpaired) electrons. The van der Waals surface area contributed by atoms with Gasteiger partial charge in [0.15, 0.2) is 0 Å². The van der Waals surface area contributed by atoms with Gasteiger partial charge in [0.25, 0.3) is 4.84 Å². The van der Waals surface area contributed by atoms with Crippen LogP contribution in [0.4, 0.5) is 4.39 Å². The molecule has 0 aliphatic carbocycles. The maximum absolute atomic E-state index is 13.8. The Kier molecular flexibility index (Phi) is 4.64. The highest BCUT2D eigenvalue weighted by Gasteiger charge is 2.13. The van der Waals surface area contributed by atoms with E-state index in [0.29, 0.717) is 12.2 Å². The quantitative estimate of drug-likeness (QED) is 0.660. The molecule has 3 aromatic rings. The van der Waals surface area contributed by atoms with E-state index < -0.39 is 0 Å². The average molecular weight is 329 g/mol. The van der Waals surface area contributed by atoms with Gasteiger partial charge in [0.2, 0.25) is 5.89 Å². The summed E-state index contributed by atoms with van der Waals surface area (Å²) in [4.78, 5) is 2.28. The summed E-state index contributed by atoms with van der Waals surface area (Å²) >= 11 is 5.18. The van der Waals surface area contributed by atoms with E-state index in [1.165, 1.54) is 11.6 Å². The Bertz CT molecular complexity index is 844. The molecule has 0 spiro atoms. The Hall–Kier alpha value is -2.31. The van der Waals surface area contributed by atoms with E-state index >= 15 is 0 Å². The predicted octanol–water partition coefficient (Wildman–Crippen LogP) is 4.10. The van der Waals surface area contributed by atoms with Crippen molar-refractivity contribution in [3.05, 3.63) is 70.8 Å².